The molecule has 1 aliphatic heterocycles. The average Bonchev–Trinajstić information content (AvgIpc) is 2.70. The highest BCUT2D eigenvalue weighted by Gasteiger charge is 2.23. The predicted molar refractivity (Wildman–Crippen MR) is 108 cm³/mol. The van der Waals surface area contributed by atoms with Gasteiger partial charge in [0.1, 0.15) is 0 Å². The molecule has 2 aromatic rings. The van der Waals surface area contributed by atoms with Gasteiger partial charge in [-0.2, -0.15) is 0 Å². The lowest BCUT2D eigenvalue weighted by Crippen LogP contribution is -2.50. The van der Waals surface area contributed by atoms with Gasteiger partial charge in [0.2, 0.25) is 5.91 Å². The van der Waals surface area contributed by atoms with E-state index in [1.807, 2.05) is 32.0 Å². The first-order valence-corrected chi connectivity index (χ1v) is 9.39. The molecule has 28 heavy (non-hydrogen) atoms. The summed E-state index contributed by atoms with van der Waals surface area (Å²) in [4.78, 5) is 40.4. The van der Waals surface area contributed by atoms with Gasteiger partial charge in [0, 0.05) is 49.9 Å². The van der Waals surface area contributed by atoms with Crippen LogP contribution in [0.15, 0.2) is 42.5 Å². The summed E-state index contributed by atoms with van der Waals surface area (Å²) in [6.07, 6.45) is 0. The van der Waals surface area contributed by atoms with Crippen molar-refractivity contribution in [2.45, 2.75) is 20.8 Å². The minimum Gasteiger partial charge on any atom is -0.339 e. The normalized spacial score (nSPS) is 14.0. The lowest BCUT2D eigenvalue weighted by atomic mass is 10.1. The zero-order valence-electron chi connectivity index (χ0n) is 16.5. The van der Waals surface area contributed by atoms with Gasteiger partial charge in [0.25, 0.3) is 11.8 Å². The number of carbonyl (C=O) groups excluding carboxylic acids is 3. The van der Waals surface area contributed by atoms with Crippen LogP contribution in [0.4, 0.5) is 5.69 Å². The maximum absolute atomic E-state index is 12.8. The second-order valence-corrected chi connectivity index (χ2v) is 7.10. The number of para-hydroxylation sites is 1. The highest BCUT2D eigenvalue weighted by atomic mass is 16.2. The minimum atomic E-state index is -0.242. The molecule has 0 aromatic heterocycles. The number of carbonyl (C=O) groups is 3. The van der Waals surface area contributed by atoms with Crippen LogP contribution in [0.1, 0.15) is 38.8 Å². The van der Waals surface area contributed by atoms with Gasteiger partial charge in [-0.25, -0.2) is 0 Å². The Labute approximate surface area is 165 Å². The van der Waals surface area contributed by atoms with Crippen molar-refractivity contribution >= 4 is 23.4 Å². The molecule has 1 saturated heterocycles. The van der Waals surface area contributed by atoms with Crippen LogP contribution >= 0.6 is 0 Å². The summed E-state index contributed by atoms with van der Waals surface area (Å²) >= 11 is 0. The third-order valence-electron chi connectivity index (χ3n) is 5.10. The number of benzene rings is 2. The number of nitrogens with zero attached hydrogens (tertiary/aromatic N) is 2. The summed E-state index contributed by atoms with van der Waals surface area (Å²) < 4.78 is 0. The third-order valence-corrected chi connectivity index (χ3v) is 5.10. The number of rotatable bonds is 3. The Kier molecular flexibility index (Phi) is 5.78. The summed E-state index contributed by atoms with van der Waals surface area (Å²) in [6, 6.07) is 12.6. The van der Waals surface area contributed by atoms with E-state index in [1.165, 1.54) is 6.92 Å². The fraction of sp³-hybridized carbons (Fsp3) is 0.318. The number of hydrogen-bond donors (Lipinski definition) is 1. The number of aryl methyl sites for hydroxylation is 2. The third kappa shape index (κ3) is 4.22. The van der Waals surface area contributed by atoms with Crippen LogP contribution in [0.2, 0.25) is 0 Å². The molecular weight excluding hydrogens is 354 g/mol. The van der Waals surface area contributed by atoms with E-state index in [2.05, 4.69) is 5.32 Å². The van der Waals surface area contributed by atoms with Crippen LogP contribution in [0.5, 0.6) is 0 Å². The first-order valence-electron chi connectivity index (χ1n) is 9.39. The van der Waals surface area contributed by atoms with E-state index in [4.69, 9.17) is 0 Å². The van der Waals surface area contributed by atoms with Crippen molar-refractivity contribution in [1.29, 1.82) is 0 Å². The van der Waals surface area contributed by atoms with Crippen LogP contribution in [0.3, 0.4) is 0 Å². The molecular formula is C22H25N3O3. The molecule has 6 heteroatoms. The van der Waals surface area contributed by atoms with E-state index in [0.29, 0.717) is 37.3 Å². The molecule has 0 bridgehead atoms. The van der Waals surface area contributed by atoms with Crippen LogP contribution in [-0.4, -0.2) is 53.7 Å². The van der Waals surface area contributed by atoms with E-state index in [1.54, 1.807) is 34.1 Å². The fourth-order valence-corrected chi connectivity index (χ4v) is 3.40. The van der Waals surface area contributed by atoms with Crippen molar-refractivity contribution in [2.75, 3.05) is 31.5 Å². The molecule has 1 aliphatic rings. The van der Waals surface area contributed by atoms with Crippen LogP contribution in [0.25, 0.3) is 0 Å². The zero-order valence-corrected chi connectivity index (χ0v) is 16.5. The van der Waals surface area contributed by atoms with E-state index >= 15 is 0 Å². The first-order chi connectivity index (χ1) is 13.4. The maximum atomic E-state index is 12.8. The van der Waals surface area contributed by atoms with E-state index in [9.17, 15) is 14.4 Å². The highest BCUT2D eigenvalue weighted by Crippen LogP contribution is 2.21. The molecule has 0 atom stereocenters. The summed E-state index contributed by atoms with van der Waals surface area (Å²) in [5.74, 6) is -0.337. The summed E-state index contributed by atoms with van der Waals surface area (Å²) in [6.45, 7) is 7.50. The Morgan fingerprint density at radius 3 is 1.96 bits per heavy atom. The predicted octanol–water partition coefficient (Wildman–Crippen LogP) is 2.86. The Morgan fingerprint density at radius 2 is 1.36 bits per heavy atom. The largest absolute Gasteiger partial charge is 0.339 e. The topological polar surface area (TPSA) is 69.7 Å². The Hall–Kier alpha value is -3.15. The lowest BCUT2D eigenvalue weighted by molar-refractivity contribution is -0.130. The smallest absolute Gasteiger partial charge is 0.255 e. The monoisotopic (exact) mass is 379 g/mol. The molecule has 2 aromatic carbocycles. The van der Waals surface area contributed by atoms with Gasteiger partial charge in [0.15, 0.2) is 0 Å². The molecule has 0 saturated carbocycles. The van der Waals surface area contributed by atoms with Crippen molar-refractivity contribution in [2.24, 2.45) is 0 Å². The Balaban J connectivity index is 1.72. The van der Waals surface area contributed by atoms with Crippen molar-refractivity contribution in [3.05, 3.63) is 64.7 Å². The number of nitrogens with one attached hydrogen (secondary N) is 1. The second kappa shape index (κ2) is 8.25. The van der Waals surface area contributed by atoms with Crippen LogP contribution < -0.4 is 5.32 Å². The van der Waals surface area contributed by atoms with Gasteiger partial charge >= 0.3 is 0 Å². The molecule has 1 N–H and O–H groups in total. The molecule has 0 radical (unpaired) electrons. The average molecular weight is 379 g/mol. The summed E-state index contributed by atoms with van der Waals surface area (Å²) in [5, 5.41) is 2.95. The minimum absolute atomic E-state index is 0.0252. The summed E-state index contributed by atoms with van der Waals surface area (Å²) in [7, 11) is 0. The van der Waals surface area contributed by atoms with E-state index in [0.717, 1.165) is 16.8 Å². The van der Waals surface area contributed by atoms with Crippen molar-refractivity contribution in [3.63, 3.8) is 0 Å². The number of hydrogen-bond acceptors (Lipinski definition) is 3. The quantitative estimate of drug-likeness (QED) is 0.892. The maximum Gasteiger partial charge on any atom is 0.255 e. The van der Waals surface area contributed by atoms with Gasteiger partial charge in [-0.3, -0.25) is 14.4 Å². The van der Waals surface area contributed by atoms with Gasteiger partial charge < -0.3 is 15.1 Å². The van der Waals surface area contributed by atoms with E-state index in [-0.39, 0.29) is 17.7 Å². The molecule has 1 heterocycles. The molecule has 146 valence electrons. The van der Waals surface area contributed by atoms with Crippen molar-refractivity contribution < 1.29 is 14.4 Å². The SMILES string of the molecule is CC(=O)N1CCN(C(=O)c2cccc(C(=O)Nc3c(C)cccc3C)c2)CC1. The van der Waals surface area contributed by atoms with Gasteiger partial charge in [-0.05, 0) is 43.2 Å². The van der Waals surface area contributed by atoms with Gasteiger partial charge in [-0.1, -0.05) is 24.3 Å². The Morgan fingerprint density at radius 1 is 0.821 bits per heavy atom. The van der Waals surface area contributed by atoms with Crippen molar-refractivity contribution in [1.82, 2.24) is 9.80 Å². The molecule has 0 unspecified atom stereocenters. The molecule has 1 fully saturated rings. The lowest BCUT2D eigenvalue weighted by Gasteiger charge is -2.34. The molecule has 6 nitrogen and oxygen atoms in total. The van der Waals surface area contributed by atoms with Crippen molar-refractivity contribution in [3.8, 4) is 0 Å². The number of amides is 3. The number of anilines is 1. The van der Waals surface area contributed by atoms with E-state index < -0.39 is 0 Å². The zero-order chi connectivity index (χ0) is 20.3. The molecule has 0 spiro atoms. The fourth-order valence-electron chi connectivity index (χ4n) is 3.40. The molecule has 3 amide bonds. The summed E-state index contributed by atoms with van der Waals surface area (Å²) in [5.41, 5.74) is 3.69. The number of piperazine rings is 1. The Bertz CT molecular complexity index is 895. The molecule has 0 aliphatic carbocycles. The van der Waals surface area contributed by atoms with Gasteiger partial charge in [-0.15, -0.1) is 0 Å². The molecule has 3 rings (SSSR count). The first kappa shape index (κ1) is 19.6. The van der Waals surface area contributed by atoms with Crippen LogP contribution in [-0.2, 0) is 4.79 Å². The van der Waals surface area contributed by atoms with Crippen LogP contribution in [0, 0.1) is 13.8 Å². The highest BCUT2D eigenvalue weighted by molar-refractivity contribution is 6.06. The van der Waals surface area contributed by atoms with Gasteiger partial charge in [0.05, 0.1) is 0 Å². The second-order valence-electron chi connectivity index (χ2n) is 7.10. The standard InChI is InChI=1S/C22H25N3O3/c1-15-6-4-7-16(2)20(15)23-21(27)18-8-5-9-19(14-18)22(28)25-12-10-24(11-13-25)17(3)26/h4-9,14H,10-13H2,1-3H3,(H,23,27).